The summed E-state index contributed by atoms with van der Waals surface area (Å²) >= 11 is 0. The van der Waals surface area contributed by atoms with E-state index in [9.17, 15) is 18.0 Å². The van der Waals surface area contributed by atoms with Crippen molar-refractivity contribution in [2.75, 3.05) is 37.0 Å². The van der Waals surface area contributed by atoms with Crippen molar-refractivity contribution in [1.29, 1.82) is 0 Å². The van der Waals surface area contributed by atoms with Crippen molar-refractivity contribution in [1.82, 2.24) is 14.9 Å². The van der Waals surface area contributed by atoms with Crippen LogP contribution in [0.1, 0.15) is 38.2 Å². The summed E-state index contributed by atoms with van der Waals surface area (Å²) in [4.78, 5) is 24.2. The van der Waals surface area contributed by atoms with Crippen molar-refractivity contribution in [2.24, 2.45) is 0 Å². The molecule has 194 valence electrons. The first-order chi connectivity index (χ1) is 17.7. The van der Waals surface area contributed by atoms with Gasteiger partial charge in [0.25, 0.3) is 5.91 Å². The molecule has 0 spiro atoms. The van der Waals surface area contributed by atoms with Gasteiger partial charge in [0.15, 0.2) is 24.0 Å². The molecular weight excluding hydrogens is 483 g/mol. The molecule has 1 fully saturated rings. The molecule has 5 rings (SSSR count). The summed E-state index contributed by atoms with van der Waals surface area (Å²) in [6.45, 7) is 5.16. The Morgan fingerprint density at radius 1 is 1.05 bits per heavy atom. The van der Waals surface area contributed by atoms with Gasteiger partial charge in [0.2, 0.25) is 5.95 Å². The largest absolute Gasteiger partial charge is 0.478 e. The van der Waals surface area contributed by atoms with Crippen molar-refractivity contribution >= 4 is 23.2 Å². The van der Waals surface area contributed by atoms with Gasteiger partial charge < -0.3 is 19.9 Å². The number of carbonyl (C=O) groups is 1. The number of hydrogen-bond acceptors (Lipinski definition) is 6. The minimum Gasteiger partial charge on any atom is -0.478 e. The van der Waals surface area contributed by atoms with Gasteiger partial charge in [-0.15, -0.1) is 0 Å². The lowest BCUT2D eigenvalue weighted by atomic mass is 9.89. The number of nitrogens with zero attached hydrogens (tertiary/aromatic N) is 4. The molecule has 1 N–H and O–H groups in total. The number of aromatic nitrogens is 2. The molecule has 2 aliphatic heterocycles. The second-order valence-corrected chi connectivity index (χ2v) is 9.78. The first-order valence-corrected chi connectivity index (χ1v) is 12.3. The van der Waals surface area contributed by atoms with Crippen LogP contribution >= 0.6 is 0 Å². The molecule has 2 aliphatic rings. The fourth-order valence-corrected chi connectivity index (χ4v) is 4.96. The summed E-state index contributed by atoms with van der Waals surface area (Å²) in [7, 11) is 2.06. The molecule has 0 bridgehead atoms. The average Bonchev–Trinajstić information content (AvgIpc) is 2.85. The third-order valence-electron chi connectivity index (χ3n) is 6.84. The lowest BCUT2D eigenvalue weighted by Crippen LogP contribution is -2.43. The third-order valence-corrected chi connectivity index (χ3v) is 6.84. The number of benzene rings is 2. The molecule has 0 unspecified atom stereocenters. The van der Waals surface area contributed by atoms with E-state index in [1.54, 1.807) is 26.0 Å². The van der Waals surface area contributed by atoms with Gasteiger partial charge in [0, 0.05) is 17.3 Å². The standard InChI is InChI=1S/C27H28F3N5O2/c1-15(2)35-23-11-17(10-21(29)26(23)37-14-24(35)36)25-22(30)13-31-27(33-25)32-18-4-5-19(20(28)12-18)16-6-8-34(3)9-7-16/h4-5,10-13,15-16H,6-9,14H2,1-3H3,(H,31,32,33). The van der Waals surface area contributed by atoms with Gasteiger partial charge in [-0.05, 0) is 82.6 Å². The fraction of sp³-hybridized carbons (Fsp3) is 0.370. The Labute approximate surface area is 213 Å². The molecule has 7 nitrogen and oxygen atoms in total. The SMILES string of the molecule is CC(C)N1C(=O)COc2c(F)cc(-c3nc(Nc4ccc(C5CCN(C)CC5)c(F)c4)ncc3F)cc21. The number of halogens is 3. The monoisotopic (exact) mass is 511 g/mol. The van der Waals surface area contributed by atoms with Gasteiger partial charge in [-0.2, -0.15) is 0 Å². The van der Waals surface area contributed by atoms with Crippen LogP contribution in [0.4, 0.5) is 30.5 Å². The highest BCUT2D eigenvalue weighted by atomic mass is 19.1. The molecule has 1 saturated heterocycles. The molecule has 1 amide bonds. The van der Waals surface area contributed by atoms with Crippen molar-refractivity contribution in [3.05, 3.63) is 59.5 Å². The highest BCUT2D eigenvalue weighted by Gasteiger charge is 2.31. The predicted molar refractivity (Wildman–Crippen MR) is 135 cm³/mol. The molecule has 2 aromatic carbocycles. The number of nitrogens with one attached hydrogen (secondary N) is 1. The molecule has 0 radical (unpaired) electrons. The molecular formula is C27H28F3N5O2. The van der Waals surface area contributed by atoms with Crippen molar-refractivity contribution in [2.45, 2.75) is 38.6 Å². The van der Waals surface area contributed by atoms with Crippen molar-refractivity contribution in [3.8, 4) is 17.0 Å². The van der Waals surface area contributed by atoms with Crippen LogP contribution in [0.2, 0.25) is 0 Å². The van der Waals surface area contributed by atoms with Gasteiger partial charge in [-0.25, -0.2) is 23.1 Å². The number of anilines is 3. The molecule has 37 heavy (non-hydrogen) atoms. The number of piperidine rings is 1. The summed E-state index contributed by atoms with van der Waals surface area (Å²) in [6, 6.07) is 7.20. The second-order valence-electron chi connectivity index (χ2n) is 9.78. The zero-order valence-corrected chi connectivity index (χ0v) is 20.9. The van der Waals surface area contributed by atoms with Crippen LogP contribution in [-0.4, -0.2) is 53.6 Å². The van der Waals surface area contributed by atoms with E-state index in [1.807, 2.05) is 0 Å². The third kappa shape index (κ3) is 4.98. The van der Waals surface area contributed by atoms with E-state index >= 15 is 0 Å². The zero-order valence-electron chi connectivity index (χ0n) is 20.9. The van der Waals surface area contributed by atoms with Crippen molar-refractivity contribution in [3.63, 3.8) is 0 Å². The topological polar surface area (TPSA) is 70.6 Å². The van der Waals surface area contributed by atoms with Crippen LogP contribution in [-0.2, 0) is 4.79 Å². The Hall–Kier alpha value is -3.66. The molecule has 0 aliphatic carbocycles. The number of ether oxygens (including phenoxy) is 1. The van der Waals surface area contributed by atoms with E-state index in [0.29, 0.717) is 11.3 Å². The minimum atomic E-state index is -0.771. The fourth-order valence-electron chi connectivity index (χ4n) is 4.96. The second kappa shape index (κ2) is 10.0. The number of likely N-dealkylation sites (tertiary alicyclic amines) is 1. The van der Waals surface area contributed by atoms with Gasteiger partial charge in [-0.1, -0.05) is 6.07 Å². The molecule has 0 atom stereocenters. The normalized spacial score (nSPS) is 16.6. The maximum absolute atomic E-state index is 14.9. The summed E-state index contributed by atoms with van der Waals surface area (Å²) in [5.74, 6) is -2.02. The first-order valence-electron chi connectivity index (χ1n) is 12.3. The minimum absolute atomic E-state index is 0.0222. The van der Waals surface area contributed by atoms with Crippen LogP contribution in [0.15, 0.2) is 36.5 Å². The molecule has 0 saturated carbocycles. The Balaban J connectivity index is 1.43. The van der Waals surface area contributed by atoms with Crippen molar-refractivity contribution < 1.29 is 22.7 Å². The Kier molecular flexibility index (Phi) is 6.76. The van der Waals surface area contributed by atoms with Crippen LogP contribution in [0.3, 0.4) is 0 Å². The molecule has 10 heteroatoms. The summed E-state index contributed by atoms with van der Waals surface area (Å²) in [5.41, 5.74) is 1.25. The van der Waals surface area contributed by atoms with Gasteiger partial charge in [0.05, 0.1) is 11.9 Å². The molecule has 3 heterocycles. The van der Waals surface area contributed by atoms with Crippen LogP contribution < -0.4 is 15.0 Å². The highest BCUT2D eigenvalue weighted by molar-refractivity contribution is 5.99. The predicted octanol–water partition coefficient (Wildman–Crippen LogP) is 5.25. The van der Waals surface area contributed by atoms with Crippen LogP contribution in [0.5, 0.6) is 5.75 Å². The van der Waals surface area contributed by atoms with E-state index < -0.39 is 11.6 Å². The maximum Gasteiger partial charge on any atom is 0.265 e. The smallest absolute Gasteiger partial charge is 0.265 e. The molecule has 1 aromatic heterocycles. The number of fused-ring (bicyclic) bond motifs is 1. The van der Waals surface area contributed by atoms with Crippen LogP contribution in [0, 0.1) is 17.5 Å². The van der Waals surface area contributed by atoms with E-state index in [2.05, 4.69) is 27.2 Å². The van der Waals surface area contributed by atoms with E-state index in [1.165, 1.54) is 17.0 Å². The van der Waals surface area contributed by atoms with Gasteiger partial charge in [0.1, 0.15) is 11.5 Å². The van der Waals surface area contributed by atoms with Gasteiger partial charge in [-0.3, -0.25) is 4.79 Å². The summed E-state index contributed by atoms with van der Waals surface area (Å²) < 4.78 is 50.0. The number of rotatable bonds is 5. The molecule has 3 aromatic rings. The Morgan fingerprint density at radius 2 is 1.81 bits per heavy atom. The Morgan fingerprint density at radius 3 is 2.51 bits per heavy atom. The van der Waals surface area contributed by atoms with E-state index in [4.69, 9.17) is 4.74 Å². The zero-order chi connectivity index (χ0) is 26.3. The number of hydrogen-bond donors (Lipinski definition) is 1. The summed E-state index contributed by atoms with van der Waals surface area (Å²) in [5, 5.41) is 2.91. The number of amides is 1. The maximum atomic E-state index is 14.9. The van der Waals surface area contributed by atoms with Gasteiger partial charge >= 0.3 is 0 Å². The number of carbonyl (C=O) groups excluding carboxylic acids is 1. The summed E-state index contributed by atoms with van der Waals surface area (Å²) in [6.07, 6.45) is 2.76. The quantitative estimate of drug-likeness (QED) is 0.505. The lowest BCUT2D eigenvalue weighted by Gasteiger charge is -2.33. The van der Waals surface area contributed by atoms with Crippen LogP contribution in [0.25, 0.3) is 11.3 Å². The van der Waals surface area contributed by atoms with E-state index in [0.717, 1.165) is 38.2 Å². The average molecular weight is 512 g/mol. The Bertz CT molecular complexity index is 1340. The van der Waals surface area contributed by atoms with E-state index in [-0.39, 0.29) is 58.9 Å². The first kappa shape index (κ1) is 25.0. The lowest BCUT2D eigenvalue weighted by molar-refractivity contribution is -0.121. The highest BCUT2D eigenvalue weighted by Crippen LogP contribution is 2.40.